The average molecular weight is 472 g/mol. The topological polar surface area (TPSA) is 104 Å². The predicted molar refractivity (Wildman–Crippen MR) is 132 cm³/mol. The Bertz CT molecular complexity index is 1270. The molecule has 2 heterocycles. The van der Waals surface area contributed by atoms with Crippen LogP contribution in [0.15, 0.2) is 95.4 Å². The molecule has 178 valence electrons. The van der Waals surface area contributed by atoms with Gasteiger partial charge in [0.25, 0.3) is 5.69 Å². The standard InChI is InChI=1S/C27H25N3O5/c1-18-24(20-11-13-28-14-12-20)26(21-7-6-8-22(17-21)30(32)33)25(19(2)29-18)27(31)35-16-15-34-23-9-4-3-5-10-23/h3-14,17,24,26H,15-16H2,1-2H3. The maximum atomic E-state index is 13.4. The lowest BCUT2D eigenvalue weighted by atomic mass is 9.72. The lowest BCUT2D eigenvalue weighted by Crippen LogP contribution is -2.29. The van der Waals surface area contributed by atoms with Crippen molar-refractivity contribution in [1.82, 2.24) is 4.98 Å². The number of benzene rings is 2. The van der Waals surface area contributed by atoms with Crippen molar-refractivity contribution >= 4 is 17.4 Å². The monoisotopic (exact) mass is 471 g/mol. The van der Waals surface area contributed by atoms with Gasteiger partial charge in [-0.25, -0.2) is 4.79 Å². The molecule has 0 fully saturated rings. The molecule has 3 aromatic rings. The molecule has 0 N–H and O–H groups in total. The van der Waals surface area contributed by atoms with Crippen LogP contribution in [0.1, 0.15) is 36.8 Å². The fourth-order valence-electron chi connectivity index (χ4n) is 4.39. The zero-order valence-electron chi connectivity index (χ0n) is 19.5. The van der Waals surface area contributed by atoms with Gasteiger partial charge in [0.15, 0.2) is 0 Å². The zero-order valence-corrected chi connectivity index (χ0v) is 19.5. The van der Waals surface area contributed by atoms with Gasteiger partial charge < -0.3 is 9.47 Å². The molecular formula is C27H25N3O5. The molecule has 1 aliphatic heterocycles. The average Bonchev–Trinajstić information content (AvgIpc) is 2.87. The van der Waals surface area contributed by atoms with Crippen LogP contribution in [-0.2, 0) is 9.53 Å². The highest BCUT2D eigenvalue weighted by Gasteiger charge is 2.39. The minimum atomic E-state index is -0.522. The number of hydrogen-bond donors (Lipinski definition) is 0. The number of carbonyl (C=O) groups is 1. The highest BCUT2D eigenvalue weighted by molar-refractivity contribution is 5.99. The van der Waals surface area contributed by atoms with Crippen LogP contribution in [0.3, 0.4) is 0 Å². The van der Waals surface area contributed by atoms with Crippen molar-refractivity contribution in [2.24, 2.45) is 4.99 Å². The van der Waals surface area contributed by atoms with Gasteiger partial charge in [0.2, 0.25) is 0 Å². The highest BCUT2D eigenvalue weighted by atomic mass is 16.6. The third-order valence-electron chi connectivity index (χ3n) is 5.88. The van der Waals surface area contributed by atoms with Crippen molar-refractivity contribution in [1.29, 1.82) is 0 Å². The second-order valence-electron chi connectivity index (χ2n) is 8.14. The molecule has 0 bridgehead atoms. The van der Waals surface area contributed by atoms with Crippen LogP contribution in [0.25, 0.3) is 0 Å². The van der Waals surface area contributed by atoms with Gasteiger partial charge in [0, 0.05) is 47.8 Å². The number of rotatable bonds is 8. The molecule has 8 heteroatoms. The second-order valence-corrected chi connectivity index (χ2v) is 8.14. The van der Waals surface area contributed by atoms with Gasteiger partial charge in [-0.05, 0) is 49.2 Å². The van der Waals surface area contributed by atoms with E-state index in [9.17, 15) is 14.9 Å². The Hall–Kier alpha value is -4.33. The summed E-state index contributed by atoms with van der Waals surface area (Å²) >= 11 is 0. The molecule has 8 nitrogen and oxygen atoms in total. The maximum absolute atomic E-state index is 13.4. The molecule has 0 saturated carbocycles. The summed E-state index contributed by atoms with van der Waals surface area (Å²) in [6.07, 6.45) is 3.36. The van der Waals surface area contributed by atoms with E-state index in [1.807, 2.05) is 49.4 Å². The van der Waals surface area contributed by atoms with Crippen molar-refractivity contribution in [3.63, 3.8) is 0 Å². The zero-order chi connectivity index (χ0) is 24.8. The lowest BCUT2D eigenvalue weighted by Gasteiger charge is -2.33. The van der Waals surface area contributed by atoms with Crippen LogP contribution in [0.2, 0.25) is 0 Å². The smallest absolute Gasteiger partial charge is 0.336 e. The van der Waals surface area contributed by atoms with Crippen molar-refractivity contribution in [2.45, 2.75) is 25.7 Å². The minimum absolute atomic E-state index is 0.0437. The molecule has 1 aliphatic rings. The van der Waals surface area contributed by atoms with Crippen molar-refractivity contribution in [2.75, 3.05) is 13.2 Å². The predicted octanol–water partition coefficient (Wildman–Crippen LogP) is 5.23. The molecule has 0 spiro atoms. The maximum Gasteiger partial charge on any atom is 0.336 e. The van der Waals surface area contributed by atoms with Gasteiger partial charge >= 0.3 is 5.97 Å². The van der Waals surface area contributed by atoms with Crippen LogP contribution in [-0.4, -0.2) is 34.8 Å². The van der Waals surface area contributed by atoms with E-state index in [1.165, 1.54) is 12.1 Å². The number of carbonyl (C=O) groups excluding carboxylic acids is 1. The third kappa shape index (κ3) is 5.43. The van der Waals surface area contributed by atoms with Gasteiger partial charge in [-0.15, -0.1) is 0 Å². The number of allylic oxidation sites excluding steroid dienone is 1. The van der Waals surface area contributed by atoms with E-state index in [1.54, 1.807) is 31.5 Å². The Morgan fingerprint density at radius 1 is 0.943 bits per heavy atom. The number of nitro groups is 1. The summed E-state index contributed by atoms with van der Waals surface area (Å²) in [7, 11) is 0. The van der Waals surface area contributed by atoms with Gasteiger partial charge in [0.1, 0.15) is 19.0 Å². The number of nitro benzene ring substituents is 1. The Labute approximate surface area is 203 Å². The van der Waals surface area contributed by atoms with Crippen LogP contribution in [0.4, 0.5) is 5.69 Å². The molecule has 0 amide bonds. The summed E-state index contributed by atoms with van der Waals surface area (Å²) in [5.74, 6) is -0.667. The number of aromatic nitrogens is 1. The van der Waals surface area contributed by atoms with Gasteiger partial charge in [0.05, 0.1) is 10.5 Å². The van der Waals surface area contributed by atoms with E-state index in [2.05, 4.69) is 9.98 Å². The first-order valence-corrected chi connectivity index (χ1v) is 11.2. The number of para-hydroxylation sites is 1. The molecule has 1 aromatic heterocycles. The summed E-state index contributed by atoms with van der Waals surface area (Å²) in [5, 5.41) is 11.5. The SMILES string of the molecule is CC1=NC(C)=C(C(=O)OCCOc2ccccc2)C(c2cccc([N+](=O)[O-])c2)C1c1ccncc1. The summed E-state index contributed by atoms with van der Waals surface area (Å²) < 4.78 is 11.2. The van der Waals surface area contributed by atoms with Crippen molar-refractivity contribution < 1.29 is 19.2 Å². The quantitative estimate of drug-likeness (QED) is 0.193. The van der Waals surface area contributed by atoms with E-state index in [0.29, 0.717) is 22.6 Å². The van der Waals surface area contributed by atoms with Gasteiger partial charge in [-0.3, -0.25) is 20.1 Å². The molecule has 2 unspecified atom stereocenters. The van der Waals surface area contributed by atoms with Crippen LogP contribution in [0.5, 0.6) is 5.75 Å². The number of pyridine rings is 1. The minimum Gasteiger partial charge on any atom is -0.490 e. The molecule has 35 heavy (non-hydrogen) atoms. The number of non-ortho nitro benzene ring substituents is 1. The Morgan fingerprint density at radius 2 is 1.69 bits per heavy atom. The summed E-state index contributed by atoms with van der Waals surface area (Å²) in [6, 6.07) is 19.4. The lowest BCUT2D eigenvalue weighted by molar-refractivity contribution is -0.384. The van der Waals surface area contributed by atoms with E-state index < -0.39 is 16.8 Å². The first kappa shape index (κ1) is 23.8. The fraction of sp³-hybridized carbons (Fsp3) is 0.222. The summed E-state index contributed by atoms with van der Waals surface area (Å²) in [4.78, 5) is 33.2. The molecule has 0 radical (unpaired) electrons. The molecule has 4 rings (SSSR count). The molecule has 2 atom stereocenters. The van der Waals surface area contributed by atoms with Crippen LogP contribution < -0.4 is 4.74 Å². The Morgan fingerprint density at radius 3 is 2.40 bits per heavy atom. The number of esters is 1. The van der Waals surface area contributed by atoms with Crippen LogP contribution >= 0.6 is 0 Å². The highest BCUT2D eigenvalue weighted by Crippen LogP contribution is 2.45. The molecular weight excluding hydrogens is 446 g/mol. The molecule has 0 aliphatic carbocycles. The number of hydrogen-bond acceptors (Lipinski definition) is 7. The normalized spacial score (nSPS) is 17.5. The first-order chi connectivity index (χ1) is 17.0. The van der Waals surface area contributed by atoms with E-state index >= 15 is 0 Å². The third-order valence-corrected chi connectivity index (χ3v) is 5.88. The van der Waals surface area contributed by atoms with Gasteiger partial charge in [-0.2, -0.15) is 0 Å². The van der Waals surface area contributed by atoms with E-state index in [0.717, 1.165) is 11.3 Å². The fourth-order valence-corrected chi connectivity index (χ4v) is 4.39. The van der Waals surface area contributed by atoms with Crippen LogP contribution in [0, 0.1) is 10.1 Å². The number of ether oxygens (including phenoxy) is 2. The van der Waals surface area contributed by atoms with Gasteiger partial charge in [-0.1, -0.05) is 30.3 Å². The Balaban J connectivity index is 1.65. The second kappa shape index (κ2) is 10.7. The molecule has 2 aromatic carbocycles. The molecule has 0 saturated heterocycles. The largest absolute Gasteiger partial charge is 0.490 e. The van der Waals surface area contributed by atoms with E-state index in [4.69, 9.17) is 9.47 Å². The van der Waals surface area contributed by atoms with E-state index in [-0.39, 0.29) is 24.8 Å². The van der Waals surface area contributed by atoms with Crippen molar-refractivity contribution in [3.05, 3.63) is 112 Å². The number of aliphatic imine (C=N–C) groups is 1. The van der Waals surface area contributed by atoms with Crippen molar-refractivity contribution in [3.8, 4) is 5.75 Å². The number of nitrogens with zero attached hydrogens (tertiary/aromatic N) is 3. The Kier molecular flexibility index (Phi) is 7.30. The summed E-state index contributed by atoms with van der Waals surface area (Å²) in [6.45, 7) is 3.90. The first-order valence-electron chi connectivity index (χ1n) is 11.2. The summed E-state index contributed by atoms with van der Waals surface area (Å²) in [5.41, 5.74) is 3.20.